The standard InChI is InChI=1S/C18H25N5O2/c1-12(2)18-21-16(25-22-18)4-5-17(24)23-8-6-14(7-9-23)15-11-19-10-13(3)20-15/h10-12,14H,4-9H2,1-3H3. The van der Waals surface area contributed by atoms with Crippen molar-refractivity contribution in [3.05, 3.63) is 35.5 Å². The lowest BCUT2D eigenvalue weighted by atomic mass is 9.93. The van der Waals surface area contributed by atoms with Crippen molar-refractivity contribution in [2.75, 3.05) is 13.1 Å². The molecule has 3 heterocycles. The van der Waals surface area contributed by atoms with Crippen LogP contribution in [0.15, 0.2) is 16.9 Å². The summed E-state index contributed by atoms with van der Waals surface area (Å²) in [4.78, 5) is 27.5. The summed E-state index contributed by atoms with van der Waals surface area (Å²) in [5.41, 5.74) is 1.98. The highest BCUT2D eigenvalue weighted by atomic mass is 16.5. The first-order valence-electron chi connectivity index (χ1n) is 8.91. The number of nitrogens with zero attached hydrogens (tertiary/aromatic N) is 5. The third kappa shape index (κ3) is 4.41. The molecule has 0 aromatic carbocycles. The van der Waals surface area contributed by atoms with Crippen LogP contribution in [-0.4, -0.2) is 44.0 Å². The van der Waals surface area contributed by atoms with Crippen molar-refractivity contribution in [3.8, 4) is 0 Å². The molecule has 1 saturated heterocycles. The predicted molar refractivity (Wildman–Crippen MR) is 92.0 cm³/mol. The van der Waals surface area contributed by atoms with Gasteiger partial charge in [-0.3, -0.25) is 14.8 Å². The van der Waals surface area contributed by atoms with Crippen LogP contribution in [0.25, 0.3) is 0 Å². The third-order valence-corrected chi connectivity index (χ3v) is 4.59. The van der Waals surface area contributed by atoms with E-state index in [-0.39, 0.29) is 11.8 Å². The molecular weight excluding hydrogens is 318 g/mol. The molecule has 7 nitrogen and oxygen atoms in total. The Bertz CT molecular complexity index is 720. The van der Waals surface area contributed by atoms with Gasteiger partial charge in [0.15, 0.2) is 5.82 Å². The zero-order valence-electron chi connectivity index (χ0n) is 15.1. The van der Waals surface area contributed by atoms with E-state index in [2.05, 4.69) is 20.1 Å². The summed E-state index contributed by atoms with van der Waals surface area (Å²) in [7, 11) is 0. The number of aryl methyl sites for hydroxylation is 2. The normalized spacial score (nSPS) is 15.8. The van der Waals surface area contributed by atoms with Crippen molar-refractivity contribution < 1.29 is 9.32 Å². The van der Waals surface area contributed by atoms with Gasteiger partial charge < -0.3 is 9.42 Å². The maximum atomic E-state index is 12.4. The summed E-state index contributed by atoms with van der Waals surface area (Å²) in [5.74, 6) is 2.01. The fourth-order valence-corrected chi connectivity index (χ4v) is 3.08. The first-order valence-corrected chi connectivity index (χ1v) is 8.91. The van der Waals surface area contributed by atoms with Gasteiger partial charge in [0.05, 0.1) is 11.4 Å². The Hall–Kier alpha value is -2.31. The Balaban J connectivity index is 1.48. The highest BCUT2D eigenvalue weighted by Gasteiger charge is 2.25. The first kappa shape index (κ1) is 17.5. The minimum absolute atomic E-state index is 0.151. The fourth-order valence-electron chi connectivity index (χ4n) is 3.08. The molecule has 1 amide bonds. The second-order valence-corrected chi connectivity index (χ2v) is 6.94. The maximum Gasteiger partial charge on any atom is 0.227 e. The largest absolute Gasteiger partial charge is 0.343 e. The van der Waals surface area contributed by atoms with Crippen LogP contribution in [0.4, 0.5) is 0 Å². The lowest BCUT2D eigenvalue weighted by Crippen LogP contribution is -2.38. The minimum Gasteiger partial charge on any atom is -0.343 e. The lowest BCUT2D eigenvalue weighted by molar-refractivity contribution is -0.132. The summed E-state index contributed by atoms with van der Waals surface area (Å²) in [6.07, 6.45) is 6.39. The molecule has 134 valence electrons. The van der Waals surface area contributed by atoms with E-state index in [0.29, 0.717) is 30.5 Å². The molecule has 0 saturated carbocycles. The van der Waals surface area contributed by atoms with E-state index in [9.17, 15) is 4.79 Å². The number of piperidine rings is 1. The Morgan fingerprint density at radius 3 is 2.68 bits per heavy atom. The van der Waals surface area contributed by atoms with E-state index < -0.39 is 0 Å². The minimum atomic E-state index is 0.151. The van der Waals surface area contributed by atoms with Gasteiger partial charge in [0.1, 0.15) is 0 Å². The van der Waals surface area contributed by atoms with E-state index in [0.717, 1.165) is 37.3 Å². The van der Waals surface area contributed by atoms with Crippen molar-refractivity contribution in [2.24, 2.45) is 0 Å². The van der Waals surface area contributed by atoms with Gasteiger partial charge in [-0.25, -0.2) is 0 Å². The molecule has 2 aromatic heterocycles. The van der Waals surface area contributed by atoms with E-state index in [1.54, 1.807) is 6.20 Å². The molecule has 0 N–H and O–H groups in total. The molecule has 0 atom stereocenters. The fraction of sp³-hybridized carbons (Fsp3) is 0.611. The predicted octanol–water partition coefficient (Wildman–Crippen LogP) is 2.63. The smallest absolute Gasteiger partial charge is 0.227 e. The second-order valence-electron chi connectivity index (χ2n) is 6.94. The number of aromatic nitrogens is 4. The number of rotatable bonds is 5. The molecule has 0 aliphatic carbocycles. The van der Waals surface area contributed by atoms with Gasteiger partial charge in [-0.15, -0.1) is 0 Å². The van der Waals surface area contributed by atoms with Crippen LogP contribution in [0.3, 0.4) is 0 Å². The van der Waals surface area contributed by atoms with E-state index in [4.69, 9.17) is 4.52 Å². The Morgan fingerprint density at radius 1 is 1.28 bits per heavy atom. The lowest BCUT2D eigenvalue weighted by Gasteiger charge is -2.31. The maximum absolute atomic E-state index is 12.4. The van der Waals surface area contributed by atoms with Gasteiger partial charge in [0.2, 0.25) is 11.8 Å². The molecule has 0 bridgehead atoms. The summed E-state index contributed by atoms with van der Waals surface area (Å²) < 4.78 is 5.20. The third-order valence-electron chi connectivity index (χ3n) is 4.59. The van der Waals surface area contributed by atoms with Gasteiger partial charge in [0.25, 0.3) is 0 Å². The van der Waals surface area contributed by atoms with Crippen LogP contribution >= 0.6 is 0 Å². The molecule has 3 rings (SSSR count). The molecule has 0 unspecified atom stereocenters. The van der Waals surface area contributed by atoms with Gasteiger partial charge in [0, 0.05) is 50.2 Å². The Labute approximate surface area is 147 Å². The monoisotopic (exact) mass is 343 g/mol. The Morgan fingerprint density at radius 2 is 2.04 bits per heavy atom. The second kappa shape index (κ2) is 7.72. The topological polar surface area (TPSA) is 85.0 Å². The zero-order chi connectivity index (χ0) is 17.8. The van der Waals surface area contributed by atoms with E-state index in [1.807, 2.05) is 31.9 Å². The zero-order valence-corrected chi connectivity index (χ0v) is 15.1. The van der Waals surface area contributed by atoms with Crippen LogP contribution in [0.2, 0.25) is 0 Å². The van der Waals surface area contributed by atoms with Crippen LogP contribution in [0, 0.1) is 6.92 Å². The number of carbonyl (C=O) groups excluding carboxylic acids is 1. The SMILES string of the molecule is Cc1cncc(C2CCN(C(=O)CCc3nc(C(C)C)no3)CC2)n1. The molecule has 1 aliphatic heterocycles. The van der Waals surface area contributed by atoms with Gasteiger partial charge in [-0.05, 0) is 19.8 Å². The number of hydrogen-bond donors (Lipinski definition) is 0. The summed E-state index contributed by atoms with van der Waals surface area (Å²) in [6.45, 7) is 7.52. The van der Waals surface area contributed by atoms with Crippen LogP contribution < -0.4 is 0 Å². The number of hydrogen-bond acceptors (Lipinski definition) is 6. The quantitative estimate of drug-likeness (QED) is 0.829. The molecule has 2 aromatic rings. The van der Waals surface area contributed by atoms with Gasteiger partial charge >= 0.3 is 0 Å². The highest BCUT2D eigenvalue weighted by molar-refractivity contribution is 5.76. The van der Waals surface area contributed by atoms with Crippen molar-refractivity contribution in [1.29, 1.82) is 0 Å². The van der Waals surface area contributed by atoms with Crippen molar-refractivity contribution in [2.45, 2.75) is 58.3 Å². The van der Waals surface area contributed by atoms with Crippen LogP contribution in [0.5, 0.6) is 0 Å². The van der Waals surface area contributed by atoms with Gasteiger partial charge in [-0.1, -0.05) is 19.0 Å². The van der Waals surface area contributed by atoms with Crippen molar-refractivity contribution in [3.63, 3.8) is 0 Å². The average molecular weight is 343 g/mol. The number of amides is 1. The van der Waals surface area contributed by atoms with Crippen molar-refractivity contribution >= 4 is 5.91 Å². The first-order chi connectivity index (χ1) is 12.0. The van der Waals surface area contributed by atoms with E-state index in [1.165, 1.54) is 0 Å². The number of carbonyl (C=O) groups is 1. The van der Waals surface area contributed by atoms with Crippen LogP contribution in [-0.2, 0) is 11.2 Å². The summed E-state index contributed by atoms with van der Waals surface area (Å²) >= 11 is 0. The summed E-state index contributed by atoms with van der Waals surface area (Å²) in [6, 6.07) is 0. The number of likely N-dealkylation sites (tertiary alicyclic amines) is 1. The van der Waals surface area contributed by atoms with Crippen molar-refractivity contribution in [1.82, 2.24) is 25.0 Å². The molecule has 7 heteroatoms. The summed E-state index contributed by atoms with van der Waals surface area (Å²) in [5, 5.41) is 3.93. The molecule has 1 fully saturated rings. The molecule has 0 spiro atoms. The molecule has 0 radical (unpaired) electrons. The molecule has 1 aliphatic rings. The van der Waals surface area contributed by atoms with Crippen LogP contribution in [0.1, 0.15) is 68.0 Å². The van der Waals surface area contributed by atoms with Gasteiger partial charge in [-0.2, -0.15) is 4.98 Å². The van der Waals surface area contributed by atoms with E-state index >= 15 is 0 Å². The molecular formula is C18H25N5O2. The average Bonchev–Trinajstić information content (AvgIpc) is 3.09. The highest BCUT2D eigenvalue weighted by Crippen LogP contribution is 2.26. The molecule has 25 heavy (non-hydrogen) atoms. The Kier molecular flexibility index (Phi) is 5.40.